The number of likely N-dealkylation sites (tertiary alicyclic amines) is 1. The summed E-state index contributed by atoms with van der Waals surface area (Å²) in [5.74, 6) is 0.0143. The molecular weight excluding hydrogens is 238 g/mol. The number of carbonyl (C=O) groups is 1. The summed E-state index contributed by atoms with van der Waals surface area (Å²) >= 11 is 0. The van der Waals surface area contributed by atoms with Crippen molar-refractivity contribution in [3.05, 3.63) is 29.3 Å². The van der Waals surface area contributed by atoms with Gasteiger partial charge >= 0.3 is 0 Å². The minimum Gasteiger partial charge on any atom is -0.399 e. The molecule has 0 aliphatic carbocycles. The number of aryl methyl sites for hydroxylation is 1. The van der Waals surface area contributed by atoms with Crippen molar-refractivity contribution in [2.45, 2.75) is 32.7 Å². The van der Waals surface area contributed by atoms with Crippen LogP contribution in [0.4, 0.5) is 5.69 Å². The van der Waals surface area contributed by atoms with E-state index < -0.39 is 0 Å². The van der Waals surface area contributed by atoms with Gasteiger partial charge in [0, 0.05) is 23.8 Å². The number of nitrogens with zero attached hydrogens (tertiary/aromatic N) is 1. The van der Waals surface area contributed by atoms with Gasteiger partial charge < -0.3 is 16.0 Å². The summed E-state index contributed by atoms with van der Waals surface area (Å²) in [6, 6.07) is 5.69. The van der Waals surface area contributed by atoms with E-state index >= 15 is 0 Å². The number of carbonyl (C=O) groups excluding carboxylic acids is 1. The first-order chi connectivity index (χ1) is 9.10. The highest BCUT2D eigenvalue weighted by molar-refractivity contribution is 5.96. The molecule has 0 radical (unpaired) electrons. The maximum Gasteiger partial charge on any atom is 0.251 e. The van der Waals surface area contributed by atoms with Crippen LogP contribution in [0.2, 0.25) is 0 Å². The quantitative estimate of drug-likeness (QED) is 0.816. The van der Waals surface area contributed by atoms with Gasteiger partial charge in [0.1, 0.15) is 0 Å². The van der Waals surface area contributed by atoms with Gasteiger partial charge in [-0.3, -0.25) is 4.79 Å². The fourth-order valence-corrected chi connectivity index (χ4v) is 2.67. The van der Waals surface area contributed by atoms with E-state index in [9.17, 15) is 4.79 Å². The number of benzene rings is 1. The van der Waals surface area contributed by atoms with Gasteiger partial charge in [-0.05, 0) is 56.6 Å². The van der Waals surface area contributed by atoms with E-state index in [1.807, 2.05) is 13.0 Å². The van der Waals surface area contributed by atoms with Gasteiger partial charge in [-0.1, -0.05) is 6.92 Å². The molecule has 104 valence electrons. The van der Waals surface area contributed by atoms with E-state index in [0.29, 0.717) is 5.69 Å². The van der Waals surface area contributed by atoms with Gasteiger partial charge in [0.05, 0.1) is 0 Å². The second-order valence-electron chi connectivity index (χ2n) is 5.28. The zero-order valence-corrected chi connectivity index (χ0v) is 11.8. The smallest absolute Gasteiger partial charge is 0.251 e. The zero-order chi connectivity index (χ0) is 13.8. The number of nitrogens with two attached hydrogens (primary N) is 1. The van der Waals surface area contributed by atoms with Gasteiger partial charge in [0.25, 0.3) is 5.91 Å². The van der Waals surface area contributed by atoms with Crippen molar-refractivity contribution in [1.82, 2.24) is 10.2 Å². The molecule has 19 heavy (non-hydrogen) atoms. The van der Waals surface area contributed by atoms with Crippen molar-refractivity contribution in [3.8, 4) is 0 Å². The first-order valence-electron chi connectivity index (χ1n) is 6.99. The van der Waals surface area contributed by atoms with Gasteiger partial charge in [-0.15, -0.1) is 0 Å². The van der Waals surface area contributed by atoms with Crippen LogP contribution in [-0.2, 0) is 0 Å². The van der Waals surface area contributed by atoms with E-state index in [1.54, 1.807) is 12.1 Å². The molecule has 4 nitrogen and oxygen atoms in total. The van der Waals surface area contributed by atoms with Crippen molar-refractivity contribution < 1.29 is 4.79 Å². The van der Waals surface area contributed by atoms with Crippen molar-refractivity contribution in [2.24, 2.45) is 0 Å². The monoisotopic (exact) mass is 261 g/mol. The predicted octanol–water partition coefficient (Wildman–Crippen LogP) is 1.79. The van der Waals surface area contributed by atoms with Crippen LogP contribution in [0.5, 0.6) is 0 Å². The van der Waals surface area contributed by atoms with E-state index in [2.05, 4.69) is 17.1 Å². The lowest BCUT2D eigenvalue weighted by Gasteiger charge is -2.32. The SMILES string of the molecule is CCN1CCCC(NC(=O)c2ccc(N)cc2C)C1. The van der Waals surface area contributed by atoms with E-state index in [0.717, 1.165) is 43.6 Å². The fraction of sp³-hybridized carbons (Fsp3) is 0.533. The Hall–Kier alpha value is -1.55. The van der Waals surface area contributed by atoms with Crippen molar-refractivity contribution in [2.75, 3.05) is 25.4 Å². The molecular formula is C15H23N3O. The van der Waals surface area contributed by atoms with Crippen molar-refractivity contribution in [3.63, 3.8) is 0 Å². The summed E-state index contributed by atoms with van der Waals surface area (Å²) in [6.45, 7) is 7.23. The number of hydrogen-bond donors (Lipinski definition) is 2. The largest absolute Gasteiger partial charge is 0.399 e. The molecule has 0 aromatic heterocycles. The number of nitrogens with one attached hydrogen (secondary N) is 1. The summed E-state index contributed by atoms with van der Waals surface area (Å²) in [7, 11) is 0. The van der Waals surface area contributed by atoms with Gasteiger partial charge in [0.15, 0.2) is 0 Å². The Morgan fingerprint density at radius 1 is 1.53 bits per heavy atom. The van der Waals surface area contributed by atoms with Crippen LogP contribution in [0.15, 0.2) is 18.2 Å². The Morgan fingerprint density at radius 3 is 3.00 bits per heavy atom. The van der Waals surface area contributed by atoms with Gasteiger partial charge in [-0.2, -0.15) is 0 Å². The zero-order valence-electron chi connectivity index (χ0n) is 11.8. The van der Waals surface area contributed by atoms with Crippen LogP contribution in [-0.4, -0.2) is 36.5 Å². The van der Waals surface area contributed by atoms with Crippen LogP contribution in [0.25, 0.3) is 0 Å². The molecule has 1 amide bonds. The summed E-state index contributed by atoms with van der Waals surface area (Å²) in [6.07, 6.45) is 2.22. The molecule has 0 bridgehead atoms. The molecule has 3 N–H and O–H groups in total. The molecule has 2 rings (SSSR count). The number of amides is 1. The van der Waals surface area contributed by atoms with Gasteiger partial charge in [-0.25, -0.2) is 0 Å². The summed E-state index contributed by atoms with van der Waals surface area (Å²) in [5, 5.41) is 3.14. The first kappa shape index (κ1) is 13.9. The molecule has 1 fully saturated rings. The molecule has 1 heterocycles. The number of nitrogen functional groups attached to an aromatic ring is 1. The van der Waals surface area contributed by atoms with Crippen LogP contribution >= 0.6 is 0 Å². The van der Waals surface area contributed by atoms with Gasteiger partial charge in [0.2, 0.25) is 0 Å². The summed E-state index contributed by atoms with van der Waals surface area (Å²) in [4.78, 5) is 14.6. The van der Waals surface area contributed by atoms with Crippen LogP contribution in [0.3, 0.4) is 0 Å². The number of hydrogen-bond acceptors (Lipinski definition) is 3. The average Bonchev–Trinajstić information content (AvgIpc) is 2.38. The predicted molar refractivity (Wildman–Crippen MR) is 78.2 cm³/mol. The minimum absolute atomic E-state index is 0.0143. The van der Waals surface area contributed by atoms with Crippen molar-refractivity contribution >= 4 is 11.6 Å². The molecule has 1 atom stereocenters. The standard InChI is InChI=1S/C15H23N3O/c1-3-18-8-4-5-13(10-18)17-15(19)14-7-6-12(16)9-11(14)2/h6-7,9,13H,3-5,8,10,16H2,1-2H3,(H,17,19). The van der Waals surface area contributed by atoms with E-state index in [4.69, 9.17) is 5.73 Å². The summed E-state index contributed by atoms with van der Waals surface area (Å²) < 4.78 is 0. The highest BCUT2D eigenvalue weighted by atomic mass is 16.1. The third kappa shape index (κ3) is 3.47. The van der Waals surface area contributed by atoms with E-state index in [-0.39, 0.29) is 11.9 Å². The third-order valence-electron chi connectivity index (χ3n) is 3.78. The lowest BCUT2D eigenvalue weighted by atomic mass is 10.0. The Kier molecular flexibility index (Phi) is 4.43. The normalized spacial score (nSPS) is 20.2. The Balaban J connectivity index is 2.00. The van der Waals surface area contributed by atoms with Crippen molar-refractivity contribution in [1.29, 1.82) is 0 Å². The maximum absolute atomic E-state index is 12.3. The third-order valence-corrected chi connectivity index (χ3v) is 3.78. The summed E-state index contributed by atoms with van der Waals surface area (Å²) in [5.41, 5.74) is 8.06. The maximum atomic E-state index is 12.3. The molecule has 1 saturated heterocycles. The Labute approximate surface area is 115 Å². The lowest BCUT2D eigenvalue weighted by molar-refractivity contribution is 0.0905. The molecule has 1 unspecified atom stereocenters. The highest BCUT2D eigenvalue weighted by Crippen LogP contribution is 2.14. The van der Waals surface area contributed by atoms with Crippen LogP contribution < -0.4 is 11.1 Å². The molecule has 0 spiro atoms. The minimum atomic E-state index is 0.0143. The molecule has 1 aliphatic heterocycles. The topological polar surface area (TPSA) is 58.4 Å². The highest BCUT2D eigenvalue weighted by Gasteiger charge is 2.21. The number of rotatable bonds is 3. The van der Waals surface area contributed by atoms with Crippen LogP contribution in [0.1, 0.15) is 35.7 Å². The molecule has 4 heteroatoms. The average molecular weight is 261 g/mol. The lowest BCUT2D eigenvalue weighted by Crippen LogP contribution is -2.47. The Bertz CT molecular complexity index is 459. The second kappa shape index (κ2) is 6.06. The number of anilines is 1. The molecule has 1 aromatic rings. The second-order valence-corrected chi connectivity index (χ2v) is 5.28. The van der Waals surface area contributed by atoms with E-state index in [1.165, 1.54) is 0 Å². The molecule has 1 aliphatic rings. The first-order valence-corrected chi connectivity index (χ1v) is 6.99. The van der Waals surface area contributed by atoms with Crippen LogP contribution in [0, 0.1) is 6.92 Å². The fourth-order valence-electron chi connectivity index (χ4n) is 2.67. The molecule has 0 saturated carbocycles. The number of piperidine rings is 1. The molecule has 1 aromatic carbocycles. The number of likely N-dealkylation sites (N-methyl/N-ethyl adjacent to an activating group) is 1. The Morgan fingerprint density at radius 2 is 2.32 bits per heavy atom.